The van der Waals surface area contributed by atoms with Crippen molar-refractivity contribution in [2.45, 2.75) is 83.1 Å². The van der Waals surface area contributed by atoms with E-state index in [0.717, 1.165) is 32.1 Å². The molecule has 2 rings (SSSR count). The zero-order chi connectivity index (χ0) is 15.7. The van der Waals surface area contributed by atoms with Gasteiger partial charge in [-0.1, -0.05) is 33.1 Å². The topological polar surface area (TPSA) is 84.6 Å². The molecule has 0 bridgehead atoms. The van der Waals surface area contributed by atoms with E-state index in [0.29, 0.717) is 13.0 Å². The van der Waals surface area contributed by atoms with Crippen LogP contribution in [0.4, 0.5) is 0 Å². The van der Waals surface area contributed by atoms with Gasteiger partial charge in [-0.3, -0.25) is 4.79 Å². The highest BCUT2D eigenvalue weighted by Gasteiger charge is 2.63. The van der Waals surface area contributed by atoms with Crippen molar-refractivity contribution in [3.63, 3.8) is 0 Å². The van der Waals surface area contributed by atoms with E-state index in [4.69, 9.17) is 10.5 Å². The van der Waals surface area contributed by atoms with Gasteiger partial charge in [0.05, 0.1) is 18.2 Å². The normalized spacial score (nSPS) is 39.2. The third-order valence-electron chi connectivity index (χ3n) is 5.53. The number of ether oxygens (including phenoxy) is 1. The lowest BCUT2D eigenvalue weighted by Gasteiger charge is -2.57. The molecule has 0 spiro atoms. The van der Waals surface area contributed by atoms with Crippen molar-refractivity contribution in [2.24, 2.45) is 11.1 Å². The molecule has 0 saturated heterocycles. The molecule has 4 atom stereocenters. The van der Waals surface area contributed by atoms with Gasteiger partial charge in [0.25, 0.3) is 0 Å². The van der Waals surface area contributed by atoms with Gasteiger partial charge in [0.15, 0.2) is 0 Å². The molecule has 122 valence electrons. The predicted molar refractivity (Wildman–Crippen MR) is 81.8 cm³/mol. The summed E-state index contributed by atoms with van der Waals surface area (Å²) in [5.74, 6) is -0.144. The van der Waals surface area contributed by atoms with E-state index >= 15 is 0 Å². The van der Waals surface area contributed by atoms with Crippen molar-refractivity contribution in [3.8, 4) is 0 Å². The predicted octanol–water partition coefficient (Wildman–Crippen LogP) is 1.33. The van der Waals surface area contributed by atoms with Crippen molar-refractivity contribution in [1.29, 1.82) is 0 Å². The Morgan fingerprint density at radius 3 is 2.62 bits per heavy atom. The minimum Gasteiger partial charge on any atom is -0.391 e. The number of aliphatic hydroxyl groups excluding tert-OH is 1. The number of aliphatic hydroxyl groups is 1. The van der Waals surface area contributed by atoms with E-state index in [1.165, 1.54) is 0 Å². The van der Waals surface area contributed by atoms with Gasteiger partial charge in [-0.2, -0.15) is 0 Å². The quantitative estimate of drug-likeness (QED) is 0.684. The summed E-state index contributed by atoms with van der Waals surface area (Å²) >= 11 is 0. The number of carbonyl (C=O) groups excluding carboxylic acids is 1. The van der Waals surface area contributed by atoms with Gasteiger partial charge in [0.2, 0.25) is 5.91 Å². The van der Waals surface area contributed by atoms with Crippen molar-refractivity contribution < 1.29 is 14.6 Å². The van der Waals surface area contributed by atoms with Crippen LogP contribution >= 0.6 is 0 Å². The molecule has 0 aromatic rings. The third kappa shape index (κ3) is 2.96. The molecule has 4 N–H and O–H groups in total. The third-order valence-corrected chi connectivity index (χ3v) is 5.53. The van der Waals surface area contributed by atoms with Gasteiger partial charge < -0.3 is 20.9 Å². The molecule has 1 amide bonds. The van der Waals surface area contributed by atoms with Crippen molar-refractivity contribution >= 4 is 5.91 Å². The van der Waals surface area contributed by atoms with Crippen molar-refractivity contribution in [1.82, 2.24) is 5.32 Å². The molecular weight excluding hydrogens is 268 g/mol. The van der Waals surface area contributed by atoms with Crippen LogP contribution in [0.5, 0.6) is 0 Å². The van der Waals surface area contributed by atoms with Crippen LogP contribution in [0.2, 0.25) is 0 Å². The van der Waals surface area contributed by atoms with Gasteiger partial charge in [-0.15, -0.1) is 0 Å². The highest BCUT2D eigenvalue weighted by molar-refractivity contribution is 5.89. The largest absolute Gasteiger partial charge is 0.391 e. The first-order chi connectivity index (χ1) is 9.83. The lowest BCUT2D eigenvalue weighted by molar-refractivity contribution is -0.171. The molecule has 4 unspecified atom stereocenters. The Morgan fingerprint density at radius 1 is 1.33 bits per heavy atom. The summed E-state index contributed by atoms with van der Waals surface area (Å²) in [7, 11) is 0. The SMILES string of the molecule is CCOC1CC(N)(C(=O)NC2CCCCCC2O)C1(C)C. The molecular formula is C16H30N2O3. The van der Waals surface area contributed by atoms with E-state index in [2.05, 4.69) is 5.32 Å². The van der Waals surface area contributed by atoms with Gasteiger partial charge in [-0.05, 0) is 19.8 Å². The Labute approximate surface area is 127 Å². The van der Waals surface area contributed by atoms with Crippen LogP contribution in [0.15, 0.2) is 0 Å². The number of rotatable bonds is 4. The molecule has 2 aliphatic rings. The number of nitrogens with two attached hydrogens (primary N) is 1. The maximum Gasteiger partial charge on any atom is 0.241 e. The second kappa shape index (κ2) is 6.23. The lowest BCUT2D eigenvalue weighted by Crippen LogP contribution is -2.76. The van der Waals surface area contributed by atoms with E-state index in [9.17, 15) is 9.90 Å². The van der Waals surface area contributed by atoms with Gasteiger partial charge >= 0.3 is 0 Å². The van der Waals surface area contributed by atoms with Crippen LogP contribution in [0.1, 0.15) is 59.3 Å². The monoisotopic (exact) mass is 298 g/mol. The van der Waals surface area contributed by atoms with Crippen LogP contribution in [-0.2, 0) is 9.53 Å². The molecule has 21 heavy (non-hydrogen) atoms. The molecule has 2 aliphatic carbocycles. The molecule has 0 radical (unpaired) electrons. The molecule has 0 aromatic carbocycles. The van der Waals surface area contributed by atoms with E-state index < -0.39 is 11.6 Å². The molecule has 2 fully saturated rings. The van der Waals surface area contributed by atoms with Crippen molar-refractivity contribution in [3.05, 3.63) is 0 Å². The fourth-order valence-corrected chi connectivity index (χ4v) is 3.57. The highest BCUT2D eigenvalue weighted by atomic mass is 16.5. The Bertz CT molecular complexity index is 386. The fraction of sp³-hybridized carbons (Fsp3) is 0.938. The standard InChI is InChI=1S/C16H30N2O3/c1-4-21-13-10-16(17,15(13,2)3)14(20)18-11-8-6-5-7-9-12(11)19/h11-13,19H,4-10,17H2,1-3H3,(H,18,20). The Morgan fingerprint density at radius 2 is 2.00 bits per heavy atom. The average molecular weight is 298 g/mol. The number of carbonyl (C=O) groups is 1. The van der Waals surface area contributed by atoms with E-state index in [1.54, 1.807) is 0 Å². The minimum atomic E-state index is -0.904. The summed E-state index contributed by atoms with van der Waals surface area (Å²) in [6.45, 7) is 6.56. The Hall–Kier alpha value is -0.650. The van der Waals surface area contributed by atoms with E-state index in [-0.39, 0.29) is 23.5 Å². The zero-order valence-corrected chi connectivity index (χ0v) is 13.5. The Kier molecular flexibility index (Phi) is 4.96. The molecule has 5 nitrogen and oxygen atoms in total. The summed E-state index contributed by atoms with van der Waals surface area (Å²) in [6, 6.07) is -0.164. The van der Waals surface area contributed by atoms with E-state index in [1.807, 2.05) is 20.8 Å². The molecule has 0 aromatic heterocycles. The van der Waals surface area contributed by atoms with Gasteiger partial charge in [0.1, 0.15) is 5.54 Å². The summed E-state index contributed by atoms with van der Waals surface area (Å²) < 4.78 is 5.66. The first-order valence-electron chi connectivity index (χ1n) is 8.22. The van der Waals surface area contributed by atoms with Crippen LogP contribution in [0.3, 0.4) is 0 Å². The number of nitrogens with one attached hydrogen (secondary N) is 1. The number of amides is 1. The number of hydrogen-bond donors (Lipinski definition) is 3. The van der Waals surface area contributed by atoms with Crippen LogP contribution in [-0.4, -0.2) is 41.4 Å². The maximum absolute atomic E-state index is 12.6. The second-order valence-electron chi connectivity index (χ2n) is 7.13. The van der Waals surface area contributed by atoms with Crippen LogP contribution < -0.4 is 11.1 Å². The number of hydrogen-bond acceptors (Lipinski definition) is 4. The smallest absolute Gasteiger partial charge is 0.241 e. The fourth-order valence-electron chi connectivity index (χ4n) is 3.57. The first-order valence-corrected chi connectivity index (χ1v) is 8.22. The zero-order valence-electron chi connectivity index (χ0n) is 13.5. The Balaban J connectivity index is 1.99. The van der Waals surface area contributed by atoms with Crippen molar-refractivity contribution in [2.75, 3.05) is 6.61 Å². The maximum atomic E-state index is 12.6. The average Bonchev–Trinajstić information content (AvgIpc) is 2.63. The lowest BCUT2D eigenvalue weighted by atomic mass is 9.54. The van der Waals surface area contributed by atoms with Gasteiger partial charge in [0, 0.05) is 18.4 Å². The first kappa shape index (κ1) is 16.7. The molecule has 0 aliphatic heterocycles. The highest BCUT2D eigenvalue weighted by Crippen LogP contribution is 2.49. The summed E-state index contributed by atoms with van der Waals surface area (Å²) in [5.41, 5.74) is 5.08. The van der Waals surface area contributed by atoms with Crippen LogP contribution in [0.25, 0.3) is 0 Å². The molecule has 2 saturated carbocycles. The molecule has 5 heteroatoms. The van der Waals surface area contributed by atoms with Gasteiger partial charge in [-0.25, -0.2) is 0 Å². The molecule has 0 heterocycles. The summed E-state index contributed by atoms with van der Waals surface area (Å²) in [4.78, 5) is 12.6. The second-order valence-corrected chi connectivity index (χ2v) is 7.13. The summed E-state index contributed by atoms with van der Waals surface area (Å²) in [5, 5.41) is 13.1. The minimum absolute atomic E-state index is 0.0253. The van der Waals surface area contributed by atoms with Crippen LogP contribution in [0, 0.1) is 5.41 Å². The summed E-state index contributed by atoms with van der Waals surface area (Å²) in [6.07, 6.45) is 4.90.